The van der Waals surface area contributed by atoms with Crippen molar-refractivity contribution in [3.63, 3.8) is 0 Å². The molecule has 84 valence electrons. The van der Waals surface area contributed by atoms with E-state index in [1.54, 1.807) is 0 Å². The maximum absolute atomic E-state index is 5.92. The van der Waals surface area contributed by atoms with Crippen molar-refractivity contribution in [2.45, 2.75) is 33.3 Å². The molecule has 2 atom stereocenters. The lowest BCUT2D eigenvalue weighted by Crippen LogP contribution is -2.56. The number of ether oxygens (including phenoxy) is 1. The third kappa shape index (κ3) is 0.909. The predicted octanol–water partition coefficient (Wildman–Crippen LogP) is 3.23. The van der Waals surface area contributed by atoms with E-state index in [1.165, 1.54) is 5.57 Å². The summed E-state index contributed by atoms with van der Waals surface area (Å²) in [5.41, 5.74) is 2.17. The minimum Gasteiger partial charge on any atom is -0.484 e. The molecule has 0 aromatic rings. The van der Waals surface area contributed by atoms with Crippen molar-refractivity contribution in [3.05, 3.63) is 35.3 Å². The Labute approximate surface area is 96.4 Å². The Morgan fingerprint density at radius 1 is 1.25 bits per heavy atom. The Balaban J connectivity index is 2.14. The van der Waals surface area contributed by atoms with Crippen molar-refractivity contribution in [3.8, 4) is 0 Å². The van der Waals surface area contributed by atoms with Gasteiger partial charge in [0.1, 0.15) is 11.2 Å². The molecule has 3 rings (SSSR count). The lowest BCUT2D eigenvalue weighted by molar-refractivity contribution is -0.111. The largest absolute Gasteiger partial charge is 0.484 e. The molecule has 0 aromatic carbocycles. The molecule has 2 heterocycles. The second-order valence-electron chi connectivity index (χ2n) is 5.47. The number of hydrogen-bond donors (Lipinski definition) is 0. The molecular formula is C14H17NO. The number of hydrogen-bond acceptors (Lipinski definition) is 2. The van der Waals surface area contributed by atoms with E-state index in [2.05, 4.69) is 50.9 Å². The van der Waals surface area contributed by atoms with Crippen LogP contribution in [0, 0.1) is 11.3 Å². The van der Waals surface area contributed by atoms with Gasteiger partial charge in [0, 0.05) is 6.21 Å². The van der Waals surface area contributed by atoms with Crippen molar-refractivity contribution in [1.82, 2.24) is 0 Å². The van der Waals surface area contributed by atoms with Gasteiger partial charge >= 0.3 is 0 Å². The average molecular weight is 215 g/mol. The van der Waals surface area contributed by atoms with E-state index < -0.39 is 0 Å². The van der Waals surface area contributed by atoms with E-state index in [1.807, 2.05) is 6.21 Å². The zero-order valence-corrected chi connectivity index (χ0v) is 10.2. The van der Waals surface area contributed by atoms with E-state index in [9.17, 15) is 0 Å². The molecule has 16 heavy (non-hydrogen) atoms. The van der Waals surface area contributed by atoms with Crippen molar-refractivity contribution in [1.29, 1.82) is 0 Å². The molecule has 0 saturated carbocycles. The lowest BCUT2D eigenvalue weighted by atomic mass is 9.67. The summed E-state index contributed by atoms with van der Waals surface area (Å²) in [5, 5.41) is 0. The van der Waals surface area contributed by atoms with Gasteiger partial charge in [-0.25, -0.2) is 0 Å². The molecule has 1 aliphatic carbocycles. The maximum Gasteiger partial charge on any atom is 0.159 e. The quantitative estimate of drug-likeness (QED) is 0.658. The fourth-order valence-corrected chi connectivity index (χ4v) is 2.61. The predicted molar refractivity (Wildman–Crippen MR) is 65.2 cm³/mol. The first-order chi connectivity index (χ1) is 7.47. The summed E-state index contributed by atoms with van der Waals surface area (Å²) in [5.74, 6) is 1.59. The Kier molecular flexibility index (Phi) is 1.65. The summed E-state index contributed by atoms with van der Waals surface area (Å²) in [6.45, 7) is 8.73. The molecule has 2 nitrogen and oxygen atoms in total. The monoisotopic (exact) mass is 215 g/mol. The zero-order chi connectivity index (χ0) is 11.6. The zero-order valence-electron chi connectivity index (χ0n) is 10.2. The Hall–Kier alpha value is -1.31. The minimum atomic E-state index is -0.231. The highest BCUT2D eigenvalue weighted by Crippen LogP contribution is 2.61. The summed E-state index contributed by atoms with van der Waals surface area (Å²) in [6, 6.07) is 0. The maximum atomic E-state index is 5.92. The van der Waals surface area contributed by atoms with Crippen molar-refractivity contribution in [2.24, 2.45) is 16.3 Å². The molecule has 2 unspecified atom stereocenters. The van der Waals surface area contributed by atoms with E-state index in [0.717, 1.165) is 11.5 Å². The van der Waals surface area contributed by atoms with Gasteiger partial charge in [0.2, 0.25) is 0 Å². The van der Waals surface area contributed by atoms with Gasteiger partial charge in [0.15, 0.2) is 5.60 Å². The van der Waals surface area contributed by atoms with Crippen LogP contribution in [0.2, 0.25) is 0 Å². The normalized spacial score (nSPS) is 39.2. The van der Waals surface area contributed by atoms with Crippen LogP contribution in [0.15, 0.2) is 40.2 Å². The van der Waals surface area contributed by atoms with Gasteiger partial charge in [0.05, 0.1) is 5.70 Å². The molecule has 0 amide bonds. The lowest BCUT2D eigenvalue weighted by Gasteiger charge is -2.51. The van der Waals surface area contributed by atoms with Gasteiger partial charge in [-0.05, 0) is 37.5 Å². The molecule has 1 saturated heterocycles. The second kappa shape index (κ2) is 2.68. The summed E-state index contributed by atoms with van der Waals surface area (Å²) >= 11 is 0. The molecule has 3 aliphatic rings. The third-order valence-corrected chi connectivity index (χ3v) is 4.17. The van der Waals surface area contributed by atoms with Gasteiger partial charge < -0.3 is 4.74 Å². The highest BCUT2D eigenvalue weighted by atomic mass is 16.5. The van der Waals surface area contributed by atoms with E-state index in [0.29, 0.717) is 5.92 Å². The summed E-state index contributed by atoms with van der Waals surface area (Å²) in [4.78, 5) is 4.50. The molecule has 0 spiro atoms. The van der Waals surface area contributed by atoms with Crippen LogP contribution >= 0.6 is 0 Å². The van der Waals surface area contributed by atoms with Gasteiger partial charge in [-0.15, -0.1) is 0 Å². The summed E-state index contributed by atoms with van der Waals surface area (Å²) < 4.78 is 5.92. The third-order valence-electron chi connectivity index (χ3n) is 4.17. The van der Waals surface area contributed by atoms with E-state index >= 15 is 0 Å². The number of rotatable bonds is 1. The van der Waals surface area contributed by atoms with Gasteiger partial charge in [-0.2, -0.15) is 0 Å². The average Bonchev–Trinajstić information content (AvgIpc) is 2.36. The molecule has 2 aliphatic heterocycles. The Morgan fingerprint density at radius 3 is 2.69 bits per heavy atom. The van der Waals surface area contributed by atoms with Crippen LogP contribution in [0.3, 0.4) is 0 Å². The SMILES string of the molecule is CC(C)C1=CC=C2N=CC3(C)OC(=C1)C23C. The van der Waals surface area contributed by atoms with Crippen molar-refractivity contribution in [2.75, 3.05) is 0 Å². The molecule has 2 heteroatoms. The van der Waals surface area contributed by atoms with Crippen LogP contribution in [0.4, 0.5) is 0 Å². The van der Waals surface area contributed by atoms with E-state index in [-0.39, 0.29) is 11.0 Å². The summed E-state index contributed by atoms with van der Waals surface area (Å²) in [7, 11) is 0. The molecule has 1 fully saturated rings. The first kappa shape index (κ1) is 9.88. The van der Waals surface area contributed by atoms with Gasteiger partial charge in [-0.1, -0.05) is 19.9 Å². The Bertz CT molecular complexity index is 481. The van der Waals surface area contributed by atoms with Crippen LogP contribution in [-0.4, -0.2) is 11.8 Å². The molecular weight excluding hydrogens is 198 g/mol. The van der Waals surface area contributed by atoms with Crippen LogP contribution < -0.4 is 0 Å². The van der Waals surface area contributed by atoms with E-state index in [4.69, 9.17) is 4.74 Å². The van der Waals surface area contributed by atoms with Gasteiger partial charge in [0.25, 0.3) is 0 Å². The fourth-order valence-electron chi connectivity index (χ4n) is 2.61. The molecule has 0 radical (unpaired) electrons. The number of nitrogens with zero attached hydrogens (tertiary/aromatic N) is 1. The van der Waals surface area contributed by atoms with Crippen LogP contribution in [0.1, 0.15) is 27.7 Å². The first-order valence-corrected chi connectivity index (χ1v) is 5.86. The second-order valence-corrected chi connectivity index (χ2v) is 5.47. The van der Waals surface area contributed by atoms with Crippen LogP contribution in [-0.2, 0) is 4.74 Å². The topological polar surface area (TPSA) is 21.6 Å². The first-order valence-electron chi connectivity index (χ1n) is 5.86. The van der Waals surface area contributed by atoms with Crippen LogP contribution in [0.25, 0.3) is 0 Å². The number of allylic oxidation sites excluding steroid dienone is 4. The Morgan fingerprint density at radius 2 is 2.00 bits per heavy atom. The number of aliphatic imine (C=N–C) groups is 1. The fraction of sp³-hybridized carbons (Fsp3) is 0.500. The highest BCUT2D eigenvalue weighted by molar-refractivity contribution is 5.81. The van der Waals surface area contributed by atoms with Crippen LogP contribution in [0.5, 0.6) is 0 Å². The molecule has 0 aromatic heterocycles. The summed E-state index contributed by atoms with van der Waals surface area (Å²) in [6.07, 6.45) is 8.43. The molecule has 0 bridgehead atoms. The highest BCUT2D eigenvalue weighted by Gasteiger charge is 2.64. The molecule has 0 N–H and O–H groups in total. The van der Waals surface area contributed by atoms with Crippen molar-refractivity contribution < 1.29 is 4.74 Å². The van der Waals surface area contributed by atoms with Crippen molar-refractivity contribution >= 4 is 6.21 Å². The smallest absolute Gasteiger partial charge is 0.159 e. The van der Waals surface area contributed by atoms with Gasteiger partial charge in [-0.3, -0.25) is 4.99 Å². The standard InChI is InChI=1S/C14H17NO/c1-9(2)10-5-6-11-14(4)12(7-10)16-13(14,3)8-15-11/h5-9H,1-4H3. The minimum absolute atomic E-state index is 0.0415.